The Morgan fingerprint density at radius 1 is 0.968 bits per heavy atom. The first-order valence-electron chi connectivity index (χ1n) is 10.9. The zero-order chi connectivity index (χ0) is 22.3. The first-order chi connectivity index (χ1) is 14.8. The molecular weight excluding hydrogens is 386 g/mol. The molecule has 160 valence electrons. The Kier molecular flexibility index (Phi) is 5.52. The lowest BCUT2D eigenvalue weighted by atomic mass is 9.93. The van der Waals surface area contributed by atoms with Gasteiger partial charge in [0.2, 0.25) is 0 Å². The van der Waals surface area contributed by atoms with E-state index in [-0.39, 0.29) is 0 Å². The van der Waals surface area contributed by atoms with Crippen molar-refractivity contribution in [3.63, 3.8) is 0 Å². The minimum atomic E-state index is -0.434. The molecule has 2 aliphatic heterocycles. The number of fused-ring (bicyclic) bond motifs is 2. The zero-order valence-electron chi connectivity index (χ0n) is 18.8. The maximum absolute atomic E-state index is 12.6. The highest BCUT2D eigenvalue weighted by Gasteiger charge is 2.19. The van der Waals surface area contributed by atoms with E-state index in [0.29, 0.717) is 29.8 Å². The maximum Gasteiger partial charge on any atom is 0.278 e. The normalized spacial score (nSPS) is 12.7. The molecule has 0 saturated heterocycles. The number of pyridine rings is 1. The fourth-order valence-corrected chi connectivity index (χ4v) is 4.56. The number of hydrogen-bond donors (Lipinski definition) is 1. The number of nitrogens with zero attached hydrogens (tertiary/aromatic N) is 2. The van der Waals surface area contributed by atoms with Crippen LogP contribution in [0.4, 0.5) is 0 Å². The summed E-state index contributed by atoms with van der Waals surface area (Å²) in [6, 6.07) is 14.2. The van der Waals surface area contributed by atoms with Crippen LogP contribution in [0.1, 0.15) is 61.3 Å². The number of hydrogen-bond acceptors (Lipinski definition) is 3. The maximum atomic E-state index is 12.6. The first-order valence-corrected chi connectivity index (χ1v) is 10.9. The van der Waals surface area contributed by atoms with Crippen LogP contribution in [0.5, 0.6) is 0 Å². The molecule has 31 heavy (non-hydrogen) atoms. The molecule has 2 aromatic rings. The van der Waals surface area contributed by atoms with Gasteiger partial charge in [-0.1, -0.05) is 45.0 Å². The third-order valence-electron chi connectivity index (χ3n) is 6.27. The second-order valence-electron chi connectivity index (χ2n) is 8.86. The molecule has 0 aliphatic carbocycles. The van der Waals surface area contributed by atoms with Gasteiger partial charge >= 0.3 is 0 Å². The molecule has 0 bridgehead atoms. The second-order valence-corrected chi connectivity index (χ2v) is 8.86. The molecule has 1 unspecified atom stereocenters. The van der Waals surface area contributed by atoms with E-state index in [1.165, 1.54) is 28.3 Å². The Morgan fingerprint density at radius 2 is 1.71 bits per heavy atom. The molecule has 2 aromatic carbocycles. The molecule has 2 aliphatic rings. The molecule has 0 saturated carbocycles. The summed E-state index contributed by atoms with van der Waals surface area (Å²) in [7, 11) is 0. The predicted molar refractivity (Wildman–Crippen MR) is 126 cm³/mol. The molecule has 5 nitrogen and oxygen atoms in total. The lowest BCUT2D eigenvalue weighted by molar-refractivity contribution is 0.585. The van der Waals surface area contributed by atoms with Crippen LogP contribution in [0.2, 0.25) is 0 Å². The number of aryl methyl sites for hydroxylation is 3. The van der Waals surface area contributed by atoms with Gasteiger partial charge in [-0.25, -0.2) is 4.98 Å². The van der Waals surface area contributed by atoms with Crippen molar-refractivity contribution in [2.24, 2.45) is 0 Å². The van der Waals surface area contributed by atoms with Gasteiger partial charge in [0.1, 0.15) is 0 Å². The summed E-state index contributed by atoms with van der Waals surface area (Å²) >= 11 is 0. The number of rotatable bonds is 5. The largest absolute Gasteiger partial charge is 0.338 e. The average molecular weight is 416 g/mol. The molecular formula is C26H29N3O2. The van der Waals surface area contributed by atoms with Crippen molar-refractivity contribution in [3.8, 4) is 11.4 Å². The van der Waals surface area contributed by atoms with Crippen molar-refractivity contribution in [1.29, 1.82) is 0 Å². The van der Waals surface area contributed by atoms with E-state index < -0.39 is 11.1 Å². The molecule has 0 fully saturated rings. The van der Waals surface area contributed by atoms with E-state index >= 15 is 0 Å². The SMILES string of the molecule is Cc1cc2c(cc1C(C)C)nc1c(=O)[nH]c(=O)cc-1n2CCC(C)c1ccccc1C. The van der Waals surface area contributed by atoms with Crippen LogP contribution in [0.15, 0.2) is 52.1 Å². The van der Waals surface area contributed by atoms with E-state index in [2.05, 4.69) is 85.6 Å². The summed E-state index contributed by atoms with van der Waals surface area (Å²) < 4.78 is 2.10. The quantitative estimate of drug-likeness (QED) is 0.460. The lowest BCUT2D eigenvalue weighted by Crippen LogP contribution is -2.25. The smallest absolute Gasteiger partial charge is 0.278 e. The van der Waals surface area contributed by atoms with Gasteiger partial charge in [-0.3, -0.25) is 14.6 Å². The number of H-pyrrole nitrogens is 1. The lowest BCUT2D eigenvalue weighted by Gasteiger charge is -2.22. The Bertz CT molecular complexity index is 1350. The summed E-state index contributed by atoms with van der Waals surface area (Å²) in [5.74, 6) is 0.704. The van der Waals surface area contributed by atoms with Gasteiger partial charge in [0.15, 0.2) is 5.69 Å². The number of aromatic nitrogens is 3. The molecule has 0 radical (unpaired) electrons. The molecule has 2 heterocycles. The Morgan fingerprint density at radius 3 is 2.42 bits per heavy atom. The topological polar surface area (TPSA) is 67.8 Å². The van der Waals surface area contributed by atoms with Gasteiger partial charge in [-0.2, -0.15) is 0 Å². The van der Waals surface area contributed by atoms with Gasteiger partial charge in [-0.15, -0.1) is 0 Å². The fraction of sp³-hybridized carbons (Fsp3) is 0.346. The minimum Gasteiger partial charge on any atom is -0.338 e. The van der Waals surface area contributed by atoms with E-state index in [1.807, 2.05) is 0 Å². The molecule has 4 rings (SSSR count). The van der Waals surface area contributed by atoms with E-state index in [0.717, 1.165) is 17.5 Å². The number of nitrogens with one attached hydrogen (secondary N) is 1. The average Bonchev–Trinajstić information content (AvgIpc) is 2.71. The highest BCUT2D eigenvalue weighted by Crippen LogP contribution is 2.30. The third kappa shape index (κ3) is 3.92. The van der Waals surface area contributed by atoms with Crippen LogP contribution < -0.4 is 11.1 Å². The highest BCUT2D eigenvalue weighted by atomic mass is 16.2. The highest BCUT2D eigenvalue weighted by molar-refractivity contribution is 5.82. The standard InChI is InChI=1S/C26H29N3O2/c1-15(2)20-13-21-22(12-18(20)5)29(23-14-24(30)28-26(31)25(23)27-21)11-10-17(4)19-9-7-6-8-16(19)3/h6-9,12-15,17H,10-11H2,1-5H3,(H,28,30,31). The van der Waals surface area contributed by atoms with E-state index in [9.17, 15) is 9.59 Å². The third-order valence-corrected chi connectivity index (χ3v) is 6.27. The Balaban J connectivity index is 1.88. The molecule has 1 N–H and O–H groups in total. The van der Waals surface area contributed by atoms with Crippen molar-refractivity contribution in [3.05, 3.63) is 85.4 Å². The fourth-order valence-electron chi connectivity index (χ4n) is 4.56. The molecule has 0 aromatic heterocycles. The summed E-state index contributed by atoms with van der Waals surface area (Å²) in [6.07, 6.45) is 0.885. The van der Waals surface area contributed by atoms with Crippen LogP contribution in [-0.4, -0.2) is 14.5 Å². The van der Waals surface area contributed by atoms with E-state index in [4.69, 9.17) is 0 Å². The van der Waals surface area contributed by atoms with Gasteiger partial charge in [0.05, 0.1) is 16.7 Å². The van der Waals surface area contributed by atoms with Crippen molar-refractivity contribution in [1.82, 2.24) is 14.5 Å². The predicted octanol–water partition coefficient (Wildman–Crippen LogP) is 5.12. The van der Waals surface area contributed by atoms with Crippen LogP contribution in [0, 0.1) is 13.8 Å². The van der Waals surface area contributed by atoms with Crippen molar-refractivity contribution < 1.29 is 0 Å². The van der Waals surface area contributed by atoms with Crippen LogP contribution in [-0.2, 0) is 6.54 Å². The summed E-state index contributed by atoms with van der Waals surface area (Å²) in [5.41, 5.74) is 6.83. The minimum absolute atomic E-state index is 0.314. The molecule has 0 amide bonds. The molecule has 1 atom stereocenters. The monoisotopic (exact) mass is 415 g/mol. The van der Waals surface area contributed by atoms with Crippen LogP contribution in [0.3, 0.4) is 0 Å². The van der Waals surface area contributed by atoms with Gasteiger partial charge < -0.3 is 4.57 Å². The van der Waals surface area contributed by atoms with Crippen molar-refractivity contribution >= 4 is 11.0 Å². The summed E-state index contributed by atoms with van der Waals surface area (Å²) in [6.45, 7) is 11.5. The zero-order valence-corrected chi connectivity index (χ0v) is 18.8. The number of benzene rings is 2. The Labute approximate surface area is 182 Å². The summed E-state index contributed by atoms with van der Waals surface area (Å²) in [5, 5.41) is 0. The van der Waals surface area contributed by atoms with E-state index in [1.54, 1.807) is 0 Å². The molecule has 5 heteroatoms. The molecule has 0 spiro atoms. The first kappa shape index (κ1) is 21.0. The summed E-state index contributed by atoms with van der Waals surface area (Å²) in [4.78, 5) is 31.7. The second kappa shape index (κ2) is 8.14. The van der Waals surface area contributed by atoms with Crippen molar-refractivity contribution in [2.75, 3.05) is 0 Å². The number of aromatic amines is 1. The van der Waals surface area contributed by atoms with Crippen LogP contribution in [0.25, 0.3) is 22.4 Å². The van der Waals surface area contributed by atoms with Crippen LogP contribution >= 0.6 is 0 Å². The van der Waals surface area contributed by atoms with Gasteiger partial charge in [0, 0.05) is 12.6 Å². The van der Waals surface area contributed by atoms with Crippen molar-refractivity contribution in [2.45, 2.75) is 59.4 Å². The Hall–Kier alpha value is -3.21. The van der Waals surface area contributed by atoms with Gasteiger partial charge in [0.25, 0.3) is 11.1 Å². The van der Waals surface area contributed by atoms with Gasteiger partial charge in [-0.05, 0) is 66.5 Å².